The van der Waals surface area contributed by atoms with Crippen LogP contribution in [0.25, 0.3) is 0 Å². The molecule has 5 heteroatoms. The molecule has 0 spiro atoms. The minimum absolute atomic E-state index is 0.0752. The molecule has 0 radical (unpaired) electrons. The number of nitrogens with one attached hydrogen (secondary N) is 1. The van der Waals surface area contributed by atoms with Gasteiger partial charge in [-0.25, -0.2) is 0 Å². The first-order valence-corrected chi connectivity index (χ1v) is 5.39. The van der Waals surface area contributed by atoms with Crippen molar-refractivity contribution in [1.82, 2.24) is 5.32 Å². The molecule has 0 aromatic heterocycles. The van der Waals surface area contributed by atoms with E-state index in [-0.39, 0.29) is 36.2 Å². The highest BCUT2D eigenvalue weighted by atomic mass is 16.4. The molecule has 2 atom stereocenters. The number of amides is 1. The molecule has 0 aromatic rings. The van der Waals surface area contributed by atoms with Crippen LogP contribution in [0.4, 0.5) is 0 Å². The lowest BCUT2D eigenvalue weighted by Gasteiger charge is -2.30. The molecule has 0 saturated carbocycles. The molecule has 94 valence electrons. The summed E-state index contributed by atoms with van der Waals surface area (Å²) in [7, 11) is 0. The molecule has 0 saturated heterocycles. The van der Waals surface area contributed by atoms with Gasteiger partial charge < -0.3 is 16.2 Å². The lowest BCUT2D eigenvalue weighted by Crippen LogP contribution is -2.46. The van der Waals surface area contributed by atoms with Crippen molar-refractivity contribution in [2.24, 2.45) is 11.1 Å². The van der Waals surface area contributed by atoms with E-state index in [1.165, 1.54) is 0 Å². The number of carbonyl (C=O) groups excluding carboxylic acids is 1. The van der Waals surface area contributed by atoms with E-state index in [1.807, 2.05) is 20.8 Å². The predicted octanol–water partition coefficient (Wildman–Crippen LogP) is 0.729. The Balaban J connectivity index is 4.44. The monoisotopic (exact) mass is 230 g/mol. The van der Waals surface area contributed by atoms with Crippen molar-refractivity contribution in [3.05, 3.63) is 0 Å². The van der Waals surface area contributed by atoms with Crippen LogP contribution in [0, 0.1) is 5.41 Å². The van der Waals surface area contributed by atoms with Gasteiger partial charge in [0.15, 0.2) is 0 Å². The molecule has 0 aromatic carbocycles. The predicted molar refractivity (Wildman–Crippen MR) is 61.9 cm³/mol. The van der Waals surface area contributed by atoms with Gasteiger partial charge in [0.05, 0.1) is 6.42 Å². The Morgan fingerprint density at radius 1 is 1.31 bits per heavy atom. The summed E-state index contributed by atoms with van der Waals surface area (Å²) in [6.07, 6.45) is 0.139. The van der Waals surface area contributed by atoms with Crippen molar-refractivity contribution in [3.63, 3.8) is 0 Å². The maximum atomic E-state index is 11.5. The van der Waals surface area contributed by atoms with Crippen LogP contribution in [0.2, 0.25) is 0 Å². The van der Waals surface area contributed by atoms with Crippen LogP contribution in [0.5, 0.6) is 0 Å². The number of rotatable bonds is 5. The van der Waals surface area contributed by atoms with E-state index in [1.54, 1.807) is 6.92 Å². The molecule has 0 heterocycles. The van der Waals surface area contributed by atoms with E-state index in [0.717, 1.165) is 0 Å². The highest BCUT2D eigenvalue weighted by molar-refractivity contribution is 5.78. The molecule has 5 nitrogen and oxygen atoms in total. The molecular weight excluding hydrogens is 208 g/mol. The lowest BCUT2D eigenvalue weighted by molar-refractivity contribution is -0.138. The number of carbonyl (C=O) groups is 2. The van der Waals surface area contributed by atoms with Gasteiger partial charge in [0.1, 0.15) is 0 Å². The molecule has 0 rings (SSSR count). The third-order valence-electron chi connectivity index (χ3n) is 2.27. The Labute approximate surface area is 96.4 Å². The summed E-state index contributed by atoms with van der Waals surface area (Å²) >= 11 is 0. The zero-order valence-electron chi connectivity index (χ0n) is 10.4. The molecular formula is C11H22N2O3. The summed E-state index contributed by atoms with van der Waals surface area (Å²) in [6, 6.07) is -0.596. The molecule has 0 aliphatic rings. The Kier molecular flexibility index (Phi) is 5.44. The minimum atomic E-state index is -0.916. The Hall–Kier alpha value is -1.10. The third kappa shape index (κ3) is 6.40. The van der Waals surface area contributed by atoms with Gasteiger partial charge in [-0.05, 0) is 12.3 Å². The third-order valence-corrected chi connectivity index (χ3v) is 2.27. The van der Waals surface area contributed by atoms with Crippen molar-refractivity contribution in [2.75, 3.05) is 0 Å². The average Bonchev–Trinajstić information content (AvgIpc) is 1.98. The fourth-order valence-electron chi connectivity index (χ4n) is 1.29. The van der Waals surface area contributed by atoms with E-state index in [4.69, 9.17) is 10.8 Å². The van der Waals surface area contributed by atoms with Gasteiger partial charge in [-0.3, -0.25) is 9.59 Å². The largest absolute Gasteiger partial charge is 0.481 e. The first-order valence-electron chi connectivity index (χ1n) is 5.39. The van der Waals surface area contributed by atoms with Crippen molar-refractivity contribution in [3.8, 4) is 0 Å². The summed E-state index contributed by atoms with van der Waals surface area (Å²) in [5.74, 6) is -1.11. The minimum Gasteiger partial charge on any atom is -0.481 e. The second-order valence-electron chi connectivity index (χ2n) is 5.27. The smallest absolute Gasteiger partial charge is 0.305 e. The Morgan fingerprint density at radius 2 is 1.81 bits per heavy atom. The van der Waals surface area contributed by atoms with E-state index in [0.29, 0.717) is 0 Å². The van der Waals surface area contributed by atoms with E-state index >= 15 is 0 Å². The summed E-state index contributed by atoms with van der Waals surface area (Å²) < 4.78 is 0. The molecule has 0 aliphatic carbocycles. The van der Waals surface area contributed by atoms with Gasteiger partial charge in [0.25, 0.3) is 0 Å². The Morgan fingerprint density at radius 3 is 2.12 bits per heavy atom. The molecule has 0 bridgehead atoms. The molecule has 0 fully saturated rings. The second kappa shape index (κ2) is 5.84. The molecule has 2 unspecified atom stereocenters. The highest BCUT2D eigenvalue weighted by Crippen LogP contribution is 2.21. The normalized spacial score (nSPS) is 15.3. The van der Waals surface area contributed by atoms with Crippen LogP contribution in [0.1, 0.15) is 40.5 Å². The van der Waals surface area contributed by atoms with Crippen LogP contribution >= 0.6 is 0 Å². The van der Waals surface area contributed by atoms with E-state index in [2.05, 4.69) is 5.32 Å². The van der Waals surface area contributed by atoms with Crippen LogP contribution in [-0.2, 0) is 9.59 Å². The summed E-state index contributed by atoms with van der Waals surface area (Å²) in [5, 5.41) is 11.5. The zero-order chi connectivity index (χ0) is 12.9. The van der Waals surface area contributed by atoms with Crippen molar-refractivity contribution >= 4 is 11.9 Å². The summed E-state index contributed by atoms with van der Waals surface area (Å²) in [6.45, 7) is 7.43. The van der Waals surface area contributed by atoms with Crippen molar-refractivity contribution < 1.29 is 14.7 Å². The first kappa shape index (κ1) is 14.9. The van der Waals surface area contributed by atoms with E-state index < -0.39 is 5.97 Å². The average molecular weight is 230 g/mol. The van der Waals surface area contributed by atoms with Crippen molar-refractivity contribution in [2.45, 2.75) is 52.6 Å². The highest BCUT2D eigenvalue weighted by Gasteiger charge is 2.28. The SMILES string of the molecule is CC(N)CC(=O)NC(CC(=O)O)C(C)(C)C. The quantitative estimate of drug-likeness (QED) is 0.649. The molecule has 16 heavy (non-hydrogen) atoms. The first-order chi connectivity index (χ1) is 7.12. The number of nitrogens with two attached hydrogens (primary N) is 1. The fourth-order valence-corrected chi connectivity index (χ4v) is 1.29. The van der Waals surface area contributed by atoms with Gasteiger partial charge >= 0.3 is 5.97 Å². The van der Waals surface area contributed by atoms with Gasteiger partial charge in [-0.2, -0.15) is 0 Å². The summed E-state index contributed by atoms with van der Waals surface area (Å²) in [5.41, 5.74) is 5.22. The van der Waals surface area contributed by atoms with Gasteiger partial charge in [0, 0.05) is 18.5 Å². The number of carboxylic acid groups (broad SMARTS) is 1. The fraction of sp³-hybridized carbons (Fsp3) is 0.818. The topological polar surface area (TPSA) is 92.4 Å². The Bertz CT molecular complexity index is 256. The van der Waals surface area contributed by atoms with Crippen LogP contribution in [0.15, 0.2) is 0 Å². The maximum absolute atomic E-state index is 11.5. The number of aliphatic carboxylic acids is 1. The van der Waals surface area contributed by atoms with Gasteiger partial charge in [0.2, 0.25) is 5.91 Å². The van der Waals surface area contributed by atoms with Gasteiger partial charge in [-0.1, -0.05) is 20.8 Å². The molecule has 0 aliphatic heterocycles. The van der Waals surface area contributed by atoms with E-state index in [9.17, 15) is 9.59 Å². The number of hydrogen-bond donors (Lipinski definition) is 3. The lowest BCUT2D eigenvalue weighted by atomic mass is 9.84. The van der Waals surface area contributed by atoms with Gasteiger partial charge in [-0.15, -0.1) is 0 Å². The van der Waals surface area contributed by atoms with Crippen LogP contribution in [0.3, 0.4) is 0 Å². The second-order valence-corrected chi connectivity index (χ2v) is 5.27. The molecule has 1 amide bonds. The van der Waals surface area contributed by atoms with Crippen LogP contribution in [-0.4, -0.2) is 29.1 Å². The standard InChI is InChI=1S/C11H22N2O3/c1-7(12)5-9(14)13-8(6-10(15)16)11(2,3)4/h7-8H,5-6,12H2,1-4H3,(H,13,14)(H,15,16). The number of hydrogen-bond acceptors (Lipinski definition) is 3. The van der Waals surface area contributed by atoms with Crippen LogP contribution < -0.4 is 11.1 Å². The number of carboxylic acids is 1. The van der Waals surface area contributed by atoms with Crippen molar-refractivity contribution in [1.29, 1.82) is 0 Å². The molecule has 4 N–H and O–H groups in total. The zero-order valence-corrected chi connectivity index (χ0v) is 10.4. The maximum Gasteiger partial charge on any atom is 0.305 e. The summed E-state index contributed by atoms with van der Waals surface area (Å²) in [4.78, 5) is 22.2.